The van der Waals surface area contributed by atoms with Crippen LogP contribution in [0.5, 0.6) is 5.75 Å². The summed E-state index contributed by atoms with van der Waals surface area (Å²) in [5.41, 5.74) is 1.70. The van der Waals surface area contributed by atoms with Crippen molar-refractivity contribution in [2.75, 3.05) is 25.6 Å². The van der Waals surface area contributed by atoms with Crippen molar-refractivity contribution < 1.29 is 28.9 Å². The number of methoxy groups -OCH3 is 1. The molecule has 31 heavy (non-hydrogen) atoms. The van der Waals surface area contributed by atoms with E-state index in [4.69, 9.17) is 14.2 Å². The normalized spacial score (nSPS) is 24.4. The minimum Gasteiger partial charge on any atom is -0.550 e. The third-order valence-corrected chi connectivity index (χ3v) is 5.31. The molecule has 2 aliphatic rings. The fourth-order valence-electron chi connectivity index (χ4n) is 3.76. The maximum atomic E-state index is 11.9. The second-order valence-electron chi connectivity index (χ2n) is 7.39. The van der Waals surface area contributed by atoms with Crippen molar-refractivity contribution in [3.8, 4) is 17.0 Å². The first-order valence-corrected chi connectivity index (χ1v) is 10.00. The molecule has 0 radical (unpaired) electrons. The second-order valence-corrected chi connectivity index (χ2v) is 7.39. The van der Waals surface area contributed by atoms with E-state index in [0.29, 0.717) is 12.6 Å². The maximum Gasteiger partial charge on any atom is 0.223 e. The van der Waals surface area contributed by atoms with Crippen LogP contribution in [0, 0.1) is 0 Å². The Morgan fingerprint density at radius 1 is 1.10 bits per heavy atom. The van der Waals surface area contributed by atoms with Crippen LogP contribution in [0.2, 0.25) is 0 Å². The predicted octanol–water partition coefficient (Wildman–Crippen LogP) is -0.255. The Morgan fingerprint density at radius 3 is 2.52 bits per heavy atom. The van der Waals surface area contributed by atoms with E-state index in [9.17, 15) is 14.7 Å². The number of hydrogen-bond acceptors (Lipinski definition) is 9. The largest absolute Gasteiger partial charge is 0.550 e. The van der Waals surface area contributed by atoms with Crippen LogP contribution in [0.3, 0.4) is 0 Å². The van der Waals surface area contributed by atoms with Gasteiger partial charge in [0.25, 0.3) is 0 Å². The SMILES string of the molecule is COc1ccc(-c2ccnc(N[C@H]3CO[C@H]4[C@@H]3OC[C@@H]4NC(=O)CCC(=O)[O-])n2)cc1. The molecule has 2 saturated heterocycles. The summed E-state index contributed by atoms with van der Waals surface area (Å²) in [7, 11) is 1.62. The van der Waals surface area contributed by atoms with Crippen molar-refractivity contribution in [2.24, 2.45) is 0 Å². The van der Waals surface area contributed by atoms with Crippen molar-refractivity contribution >= 4 is 17.8 Å². The van der Waals surface area contributed by atoms with Gasteiger partial charge in [0.2, 0.25) is 11.9 Å². The molecule has 0 unspecified atom stereocenters. The number of nitrogens with zero attached hydrogens (tertiary/aromatic N) is 2. The quantitative estimate of drug-likeness (QED) is 0.584. The van der Waals surface area contributed by atoms with Crippen LogP contribution in [-0.2, 0) is 19.1 Å². The lowest BCUT2D eigenvalue weighted by Gasteiger charge is -2.18. The summed E-state index contributed by atoms with van der Waals surface area (Å²) in [5, 5.41) is 16.6. The van der Waals surface area contributed by atoms with Gasteiger partial charge >= 0.3 is 0 Å². The molecule has 0 aliphatic carbocycles. The number of ether oxygens (including phenoxy) is 3. The van der Waals surface area contributed by atoms with Crippen molar-refractivity contribution in [3.63, 3.8) is 0 Å². The summed E-state index contributed by atoms with van der Waals surface area (Å²) in [5.74, 6) is -0.402. The van der Waals surface area contributed by atoms with Crippen LogP contribution in [0.4, 0.5) is 5.95 Å². The summed E-state index contributed by atoms with van der Waals surface area (Å²) in [6.45, 7) is 0.661. The maximum absolute atomic E-state index is 11.9. The molecule has 3 heterocycles. The number of carbonyl (C=O) groups excluding carboxylic acids is 2. The first-order chi connectivity index (χ1) is 15.0. The van der Waals surface area contributed by atoms with Gasteiger partial charge in [-0.05, 0) is 36.8 Å². The van der Waals surface area contributed by atoms with E-state index in [2.05, 4.69) is 20.6 Å². The van der Waals surface area contributed by atoms with Gasteiger partial charge in [0.15, 0.2) is 0 Å². The number of carboxylic acid groups (broad SMARTS) is 1. The topological polar surface area (TPSA) is 135 Å². The van der Waals surface area contributed by atoms with Gasteiger partial charge in [0.1, 0.15) is 18.0 Å². The van der Waals surface area contributed by atoms with Gasteiger partial charge in [-0.2, -0.15) is 0 Å². The molecule has 0 saturated carbocycles. The number of fused-ring (bicyclic) bond motifs is 1. The van der Waals surface area contributed by atoms with Crippen LogP contribution < -0.4 is 20.5 Å². The minimum atomic E-state index is -1.26. The molecule has 2 fully saturated rings. The number of carbonyl (C=O) groups is 2. The zero-order valence-corrected chi connectivity index (χ0v) is 16.9. The van der Waals surface area contributed by atoms with Crippen molar-refractivity contribution in [3.05, 3.63) is 36.5 Å². The highest BCUT2D eigenvalue weighted by Crippen LogP contribution is 2.29. The van der Waals surface area contributed by atoms with Crippen LogP contribution in [-0.4, -0.2) is 66.5 Å². The monoisotopic (exact) mass is 427 g/mol. The minimum absolute atomic E-state index is 0.135. The Labute approximate surface area is 178 Å². The molecule has 0 bridgehead atoms. The molecule has 4 atom stereocenters. The molecular formula is C21H23N4O6-. The molecular weight excluding hydrogens is 404 g/mol. The van der Waals surface area contributed by atoms with Crippen LogP contribution in [0.15, 0.2) is 36.5 Å². The molecule has 2 aliphatic heterocycles. The number of nitrogens with one attached hydrogen (secondary N) is 2. The van der Waals surface area contributed by atoms with Gasteiger partial charge in [0, 0.05) is 24.2 Å². The molecule has 4 rings (SSSR count). The lowest BCUT2D eigenvalue weighted by atomic mass is 10.1. The van der Waals surface area contributed by atoms with E-state index >= 15 is 0 Å². The van der Waals surface area contributed by atoms with E-state index in [1.807, 2.05) is 30.3 Å². The van der Waals surface area contributed by atoms with Gasteiger partial charge in [-0.1, -0.05) is 0 Å². The van der Waals surface area contributed by atoms with E-state index in [1.54, 1.807) is 13.3 Å². The Bertz CT molecular complexity index is 938. The Balaban J connectivity index is 1.37. The first-order valence-electron chi connectivity index (χ1n) is 10.00. The Kier molecular flexibility index (Phi) is 6.28. The number of anilines is 1. The third kappa shape index (κ3) is 4.92. The summed E-state index contributed by atoms with van der Waals surface area (Å²) >= 11 is 0. The molecule has 1 amide bonds. The highest BCUT2D eigenvalue weighted by molar-refractivity contribution is 5.80. The third-order valence-electron chi connectivity index (χ3n) is 5.31. The Hall–Kier alpha value is -3.24. The smallest absolute Gasteiger partial charge is 0.223 e. The number of hydrogen-bond donors (Lipinski definition) is 2. The number of benzene rings is 1. The number of aliphatic carboxylic acids is 1. The van der Waals surface area contributed by atoms with Gasteiger partial charge < -0.3 is 34.7 Å². The summed E-state index contributed by atoms with van der Waals surface area (Å²) in [6.07, 6.45) is 0.622. The number of carboxylic acids is 1. The zero-order chi connectivity index (χ0) is 21.8. The second kappa shape index (κ2) is 9.27. The van der Waals surface area contributed by atoms with Crippen molar-refractivity contribution in [1.82, 2.24) is 15.3 Å². The van der Waals surface area contributed by atoms with Crippen molar-refractivity contribution in [2.45, 2.75) is 37.1 Å². The number of aromatic nitrogens is 2. The van der Waals surface area contributed by atoms with Gasteiger partial charge in [-0.3, -0.25) is 4.79 Å². The predicted molar refractivity (Wildman–Crippen MR) is 107 cm³/mol. The number of amides is 1. The van der Waals surface area contributed by atoms with Gasteiger partial charge in [0.05, 0.1) is 38.1 Å². The molecule has 1 aromatic carbocycles. The molecule has 0 spiro atoms. The lowest BCUT2D eigenvalue weighted by Crippen LogP contribution is -2.45. The highest BCUT2D eigenvalue weighted by Gasteiger charge is 2.48. The van der Waals surface area contributed by atoms with Gasteiger partial charge in [-0.25, -0.2) is 9.97 Å². The average molecular weight is 427 g/mol. The molecule has 164 valence electrons. The summed E-state index contributed by atoms with van der Waals surface area (Å²) < 4.78 is 16.9. The van der Waals surface area contributed by atoms with Crippen molar-refractivity contribution in [1.29, 1.82) is 0 Å². The van der Waals surface area contributed by atoms with E-state index < -0.39 is 5.97 Å². The fraction of sp³-hybridized carbons (Fsp3) is 0.429. The van der Waals surface area contributed by atoms with Crippen LogP contribution in [0.25, 0.3) is 11.3 Å². The summed E-state index contributed by atoms with van der Waals surface area (Å²) in [6, 6.07) is 8.90. The standard InChI is InChI=1S/C21H24N4O6/c1-29-13-4-2-12(3-5-13)14-8-9-22-21(24-14)25-16-11-31-19-15(10-30-20(16)19)23-17(26)6-7-18(27)28/h2-5,8-9,15-16,19-20H,6-7,10-11H2,1H3,(H,23,26)(H,27,28)(H,22,24,25)/p-1/t15-,16-,19+,20+/m0/s1. The Morgan fingerprint density at radius 2 is 1.81 bits per heavy atom. The number of rotatable bonds is 8. The molecule has 10 heteroatoms. The average Bonchev–Trinajstić information content (AvgIpc) is 3.36. The zero-order valence-electron chi connectivity index (χ0n) is 16.9. The molecule has 2 N–H and O–H groups in total. The molecule has 1 aromatic heterocycles. The van der Waals surface area contributed by atoms with E-state index in [-0.39, 0.29) is 49.6 Å². The van der Waals surface area contributed by atoms with Crippen LogP contribution >= 0.6 is 0 Å². The lowest BCUT2D eigenvalue weighted by molar-refractivity contribution is -0.305. The highest BCUT2D eigenvalue weighted by atomic mass is 16.6. The van der Waals surface area contributed by atoms with E-state index in [1.165, 1.54) is 0 Å². The van der Waals surface area contributed by atoms with E-state index in [0.717, 1.165) is 17.0 Å². The fourth-order valence-corrected chi connectivity index (χ4v) is 3.76. The molecule has 2 aromatic rings. The van der Waals surface area contributed by atoms with Crippen LogP contribution in [0.1, 0.15) is 12.8 Å². The summed E-state index contributed by atoms with van der Waals surface area (Å²) in [4.78, 5) is 31.3. The first kappa shape index (κ1) is 21.0. The van der Waals surface area contributed by atoms with Gasteiger partial charge in [-0.15, -0.1) is 0 Å². The molecule has 10 nitrogen and oxygen atoms in total.